The minimum Gasteiger partial charge on any atom is -0.481 e. The molecule has 0 heterocycles. The normalized spacial score (nSPS) is 12.2. The Morgan fingerprint density at radius 1 is 1.10 bits per heavy atom. The molecule has 1 aromatic rings. The second-order valence-corrected chi connectivity index (χ2v) is 5.95. The molecule has 4 heteroatoms. The second-order valence-electron chi connectivity index (χ2n) is 5.95. The lowest BCUT2D eigenvalue weighted by molar-refractivity contribution is -0.137. The predicted molar refractivity (Wildman–Crippen MR) is 83.2 cm³/mol. The first-order chi connectivity index (χ1) is 9.86. The van der Waals surface area contributed by atoms with Crippen LogP contribution < -0.4 is 5.32 Å². The van der Waals surface area contributed by atoms with Crippen molar-refractivity contribution in [2.75, 3.05) is 0 Å². The van der Waals surface area contributed by atoms with Crippen molar-refractivity contribution >= 4 is 11.9 Å². The van der Waals surface area contributed by atoms with Crippen molar-refractivity contribution in [3.05, 3.63) is 35.4 Å². The van der Waals surface area contributed by atoms with Crippen LogP contribution >= 0.6 is 0 Å². The van der Waals surface area contributed by atoms with Gasteiger partial charge in [-0.15, -0.1) is 0 Å². The van der Waals surface area contributed by atoms with Gasteiger partial charge in [-0.2, -0.15) is 0 Å². The van der Waals surface area contributed by atoms with Gasteiger partial charge in [0.2, 0.25) is 5.91 Å². The second kappa shape index (κ2) is 8.45. The zero-order chi connectivity index (χ0) is 15.8. The van der Waals surface area contributed by atoms with Crippen LogP contribution in [0.3, 0.4) is 0 Å². The molecule has 0 spiro atoms. The molecule has 0 aliphatic heterocycles. The Bertz CT molecular complexity index is 465. The SMILES string of the molecule is CC(=O)NC(CCC(=O)O)Cc1ccc(CC(C)C)cc1. The Morgan fingerprint density at radius 2 is 1.62 bits per heavy atom. The molecule has 1 rings (SSSR count). The Morgan fingerprint density at radius 3 is 2.05 bits per heavy atom. The van der Waals surface area contributed by atoms with E-state index in [1.807, 2.05) is 0 Å². The Kier molecular flexibility index (Phi) is 6.92. The summed E-state index contributed by atoms with van der Waals surface area (Å²) in [4.78, 5) is 21.9. The lowest BCUT2D eigenvalue weighted by atomic mass is 9.98. The Hall–Kier alpha value is -1.84. The fourth-order valence-electron chi connectivity index (χ4n) is 2.38. The fraction of sp³-hybridized carbons (Fsp3) is 0.529. The highest BCUT2D eigenvalue weighted by molar-refractivity contribution is 5.73. The number of benzene rings is 1. The van der Waals surface area contributed by atoms with Crippen LogP contribution in [-0.4, -0.2) is 23.0 Å². The average molecular weight is 291 g/mol. The molecule has 1 unspecified atom stereocenters. The molecule has 2 N–H and O–H groups in total. The Balaban J connectivity index is 2.64. The van der Waals surface area contributed by atoms with Crippen LogP contribution in [0.2, 0.25) is 0 Å². The summed E-state index contributed by atoms with van der Waals surface area (Å²) in [5.41, 5.74) is 2.42. The van der Waals surface area contributed by atoms with Gasteiger partial charge in [0.15, 0.2) is 0 Å². The molecule has 21 heavy (non-hydrogen) atoms. The van der Waals surface area contributed by atoms with E-state index in [9.17, 15) is 9.59 Å². The van der Waals surface area contributed by atoms with Crippen molar-refractivity contribution < 1.29 is 14.7 Å². The maximum absolute atomic E-state index is 11.2. The summed E-state index contributed by atoms with van der Waals surface area (Å²) in [6, 6.07) is 8.21. The summed E-state index contributed by atoms with van der Waals surface area (Å²) in [7, 11) is 0. The lowest BCUT2D eigenvalue weighted by Crippen LogP contribution is -2.35. The van der Waals surface area contributed by atoms with E-state index in [1.54, 1.807) is 0 Å². The van der Waals surface area contributed by atoms with E-state index < -0.39 is 5.97 Å². The maximum atomic E-state index is 11.2. The van der Waals surface area contributed by atoms with Crippen molar-refractivity contribution in [1.82, 2.24) is 5.32 Å². The maximum Gasteiger partial charge on any atom is 0.303 e. The molecule has 0 saturated heterocycles. The lowest BCUT2D eigenvalue weighted by Gasteiger charge is -2.17. The van der Waals surface area contributed by atoms with Crippen molar-refractivity contribution in [1.29, 1.82) is 0 Å². The minimum absolute atomic E-state index is 0.0659. The molecule has 1 aromatic carbocycles. The monoisotopic (exact) mass is 291 g/mol. The summed E-state index contributed by atoms with van der Waals surface area (Å²) in [5, 5.41) is 11.6. The van der Waals surface area contributed by atoms with Gasteiger partial charge in [0.1, 0.15) is 0 Å². The van der Waals surface area contributed by atoms with Crippen LogP contribution in [-0.2, 0) is 22.4 Å². The van der Waals surface area contributed by atoms with Gasteiger partial charge in [-0.3, -0.25) is 9.59 Å². The van der Waals surface area contributed by atoms with E-state index in [4.69, 9.17) is 5.11 Å². The standard InChI is InChI=1S/C17H25NO3/c1-12(2)10-14-4-6-15(7-5-14)11-16(18-13(3)19)8-9-17(20)21/h4-7,12,16H,8-11H2,1-3H3,(H,18,19)(H,20,21). The van der Waals surface area contributed by atoms with Crippen LogP contribution in [0.1, 0.15) is 44.7 Å². The molecule has 1 amide bonds. The quantitative estimate of drug-likeness (QED) is 0.774. The minimum atomic E-state index is -0.836. The molecule has 0 fully saturated rings. The first-order valence-electron chi connectivity index (χ1n) is 7.43. The average Bonchev–Trinajstić information content (AvgIpc) is 2.37. The van der Waals surface area contributed by atoms with E-state index in [-0.39, 0.29) is 18.4 Å². The van der Waals surface area contributed by atoms with Crippen LogP contribution in [0.4, 0.5) is 0 Å². The molecular weight excluding hydrogens is 266 g/mol. The fourth-order valence-corrected chi connectivity index (χ4v) is 2.38. The van der Waals surface area contributed by atoms with Gasteiger partial charge in [0, 0.05) is 19.4 Å². The Labute approximate surface area is 126 Å². The van der Waals surface area contributed by atoms with Gasteiger partial charge in [0.05, 0.1) is 0 Å². The van der Waals surface area contributed by atoms with E-state index >= 15 is 0 Å². The van der Waals surface area contributed by atoms with Crippen LogP contribution in [0.15, 0.2) is 24.3 Å². The van der Waals surface area contributed by atoms with Crippen molar-refractivity contribution in [3.63, 3.8) is 0 Å². The van der Waals surface area contributed by atoms with Crippen LogP contribution in [0, 0.1) is 5.92 Å². The summed E-state index contributed by atoms with van der Waals surface area (Å²) in [6.45, 7) is 5.83. The number of hydrogen-bond donors (Lipinski definition) is 2. The van der Waals surface area contributed by atoms with Gasteiger partial charge in [-0.05, 0) is 36.3 Å². The molecule has 1 atom stereocenters. The van der Waals surface area contributed by atoms with Crippen LogP contribution in [0.5, 0.6) is 0 Å². The number of carboxylic acid groups (broad SMARTS) is 1. The highest BCUT2D eigenvalue weighted by atomic mass is 16.4. The molecule has 0 aliphatic rings. The summed E-state index contributed by atoms with van der Waals surface area (Å²) in [5.74, 6) is -0.335. The van der Waals surface area contributed by atoms with E-state index in [0.717, 1.165) is 12.0 Å². The molecular formula is C17H25NO3. The molecule has 0 saturated carbocycles. The number of carboxylic acids is 1. The first-order valence-corrected chi connectivity index (χ1v) is 7.43. The van der Waals surface area contributed by atoms with E-state index in [2.05, 4.69) is 43.4 Å². The van der Waals surface area contributed by atoms with Gasteiger partial charge >= 0.3 is 5.97 Å². The van der Waals surface area contributed by atoms with Gasteiger partial charge in [-0.1, -0.05) is 38.1 Å². The third-order valence-corrected chi connectivity index (χ3v) is 3.26. The molecule has 116 valence electrons. The molecule has 0 aliphatic carbocycles. The molecule has 0 radical (unpaired) electrons. The number of rotatable bonds is 8. The summed E-state index contributed by atoms with van der Waals surface area (Å²) < 4.78 is 0. The van der Waals surface area contributed by atoms with Crippen molar-refractivity contribution in [2.24, 2.45) is 5.92 Å². The van der Waals surface area contributed by atoms with E-state index in [0.29, 0.717) is 18.8 Å². The van der Waals surface area contributed by atoms with Gasteiger partial charge in [-0.25, -0.2) is 0 Å². The van der Waals surface area contributed by atoms with Crippen LogP contribution in [0.25, 0.3) is 0 Å². The third-order valence-electron chi connectivity index (χ3n) is 3.26. The number of aliphatic carboxylic acids is 1. The first kappa shape index (κ1) is 17.2. The number of carbonyl (C=O) groups is 2. The van der Waals surface area contributed by atoms with Crippen molar-refractivity contribution in [3.8, 4) is 0 Å². The largest absolute Gasteiger partial charge is 0.481 e. The van der Waals surface area contributed by atoms with Gasteiger partial charge < -0.3 is 10.4 Å². The smallest absolute Gasteiger partial charge is 0.303 e. The predicted octanol–water partition coefficient (Wildman–Crippen LogP) is 2.80. The van der Waals surface area contributed by atoms with Crippen molar-refractivity contribution in [2.45, 2.75) is 52.5 Å². The number of amides is 1. The zero-order valence-corrected chi connectivity index (χ0v) is 13.1. The molecule has 0 aromatic heterocycles. The summed E-state index contributed by atoms with van der Waals surface area (Å²) in [6.07, 6.45) is 2.22. The topological polar surface area (TPSA) is 66.4 Å². The molecule has 4 nitrogen and oxygen atoms in total. The van der Waals surface area contributed by atoms with E-state index in [1.165, 1.54) is 12.5 Å². The highest BCUT2D eigenvalue weighted by Crippen LogP contribution is 2.13. The number of hydrogen-bond acceptors (Lipinski definition) is 2. The summed E-state index contributed by atoms with van der Waals surface area (Å²) >= 11 is 0. The number of nitrogens with one attached hydrogen (secondary N) is 1. The number of carbonyl (C=O) groups excluding carboxylic acids is 1. The zero-order valence-electron chi connectivity index (χ0n) is 13.1. The third kappa shape index (κ3) is 7.49. The highest BCUT2D eigenvalue weighted by Gasteiger charge is 2.13. The van der Waals surface area contributed by atoms with Gasteiger partial charge in [0.25, 0.3) is 0 Å². The molecule has 0 bridgehead atoms.